The molecular formula is C25H27F2N5O3. The van der Waals surface area contributed by atoms with E-state index in [0.29, 0.717) is 41.6 Å². The monoisotopic (exact) mass is 483 g/mol. The minimum absolute atomic E-state index is 0.0325. The van der Waals surface area contributed by atoms with Gasteiger partial charge in [-0.15, -0.1) is 0 Å². The Labute approximate surface area is 202 Å². The van der Waals surface area contributed by atoms with Crippen molar-refractivity contribution < 1.29 is 23.0 Å². The largest absolute Gasteiger partial charge is 0.495 e. The van der Waals surface area contributed by atoms with Crippen LogP contribution >= 0.6 is 0 Å². The molecule has 8 nitrogen and oxygen atoms in total. The Hall–Kier alpha value is -3.92. The molecular weight excluding hydrogens is 456 g/mol. The van der Waals surface area contributed by atoms with E-state index < -0.39 is 17.5 Å². The van der Waals surface area contributed by atoms with Gasteiger partial charge < -0.3 is 30.7 Å². The van der Waals surface area contributed by atoms with E-state index in [1.165, 1.54) is 12.1 Å². The van der Waals surface area contributed by atoms with Gasteiger partial charge in [0.05, 0.1) is 32.4 Å². The lowest BCUT2D eigenvalue weighted by molar-refractivity contribution is -0.117. The number of halogens is 2. The molecule has 0 aliphatic carbocycles. The second kappa shape index (κ2) is 11.0. The Morgan fingerprint density at radius 3 is 2.57 bits per heavy atom. The van der Waals surface area contributed by atoms with Crippen molar-refractivity contribution >= 4 is 28.8 Å². The number of methoxy groups -OCH3 is 1. The summed E-state index contributed by atoms with van der Waals surface area (Å²) in [5, 5.41) is 6.36. The first kappa shape index (κ1) is 24.2. The molecule has 1 aliphatic heterocycles. The normalized spacial score (nSPS) is 13.4. The predicted molar refractivity (Wildman–Crippen MR) is 130 cm³/mol. The van der Waals surface area contributed by atoms with Crippen LogP contribution in [0.2, 0.25) is 0 Å². The molecule has 3 aromatic rings. The Morgan fingerprint density at radius 2 is 1.89 bits per heavy atom. The van der Waals surface area contributed by atoms with E-state index in [9.17, 15) is 13.6 Å². The highest BCUT2D eigenvalue weighted by Gasteiger charge is 2.16. The van der Waals surface area contributed by atoms with Gasteiger partial charge in [-0.3, -0.25) is 4.79 Å². The van der Waals surface area contributed by atoms with Crippen molar-refractivity contribution in [2.24, 2.45) is 5.73 Å². The first-order valence-corrected chi connectivity index (χ1v) is 11.1. The summed E-state index contributed by atoms with van der Waals surface area (Å²) in [7, 11) is 1.62. The number of pyridine rings is 1. The molecule has 1 aromatic heterocycles. The van der Waals surface area contributed by atoms with Crippen LogP contribution in [0.5, 0.6) is 5.75 Å². The molecule has 0 unspecified atom stereocenters. The Morgan fingerprint density at radius 1 is 1.14 bits per heavy atom. The molecule has 2 aromatic carbocycles. The van der Waals surface area contributed by atoms with E-state index in [-0.39, 0.29) is 13.0 Å². The second-order valence-corrected chi connectivity index (χ2v) is 8.11. The summed E-state index contributed by atoms with van der Waals surface area (Å²) in [5.41, 5.74) is 8.67. The number of hydrogen-bond donors (Lipinski definition) is 3. The molecule has 0 bridgehead atoms. The van der Waals surface area contributed by atoms with Gasteiger partial charge >= 0.3 is 0 Å². The van der Waals surface area contributed by atoms with Crippen molar-refractivity contribution in [2.75, 3.05) is 48.9 Å². The molecule has 0 radical (unpaired) electrons. The van der Waals surface area contributed by atoms with Gasteiger partial charge in [-0.2, -0.15) is 0 Å². The molecule has 0 spiro atoms. The van der Waals surface area contributed by atoms with Gasteiger partial charge in [0.25, 0.3) is 0 Å². The molecule has 35 heavy (non-hydrogen) atoms. The lowest BCUT2D eigenvalue weighted by Crippen LogP contribution is -2.36. The van der Waals surface area contributed by atoms with Crippen molar-refractivity contribution in [3.05, 3.63) is 71.4 Å². The second-order valence-electron chi connectivity index (χ2n) is 8.11. The van der Waals surface area contributed by atoms with Crippen molar-refractivity contribution in [3.8, 4) is 5.75 Å². The third-order valence-electron chi connectivity index (χ3n) is 5.56. The molecule has 10 heteroatoms. The number of carbonyl (C=O) groups is 1. The molecule has 1 amide bonds. The van der Waals surface area contributed by atoms with Gasteiger partial charge in [0, 0.05) is 61.0 Å². The molecule has 0 atom stereocenters. The molecule has 4 rings (SSSR count). The van der Waals surface area contributed by atoms with E-state index in [1.807, 2.05) is 18.2 Å². The molecule has 1 fully saturated rings. The Kier molecular flexibility index (Phi) is 7.61. The molecule has 184 valence electrons. The number of morpholine rings is 1. The smallest absolute Gasteiger partial charge is 0.221 e. The van der Waals surface area contributed by atoms with Crippen LogP contribution in [0.4, 0.5) is 31.7 Å². The summed E-state index contributed by atoms with van der Waals surface area (Å²) in [5.74, 6) is -0.617. The number of anilines is 4. The zero-order valence-corrected chi connectivity index (χ0v) is 19.3. The van der Waals surface area contributed by atoms with Gasteiger partial charge in [0.1, 0.15) is 23.2 Å². The number of ether oxygens (including phenoxy) is 2. The number of aromatic nitrogens is 1. The van der Waals surface area contributed by atoms with Gasteiger partial charge in [-0.25, -0.2) is 13.8 Å². The van der Waals surface area contributed by atoms with E-state index in [2.05, 4.69) is 20.5 Å². The number of nitrogens with two attached hydrogens (primary N) is 1. The third-order valence-corrected chi connectivity index (χ3v) is 5.56. The first-order valence-electron chi connectivity index (χ1n) is 11.1. The first-order chi connectivity index (χ1) is 16.9. The fourth-order valence-electron chi connectivity index (χ4n) is 3.92. The fraction of sp³-hybridized carbons (Fsp3) is 0.280. The lowest BCUT2D eigenvalue weighted by Gasteiger charge is -2.30. The Balaban J connectivity index is 1.54. The van der Waals surface area contributed by atoms with Crippen LogP contribution in [0.1, 0.15) is 11.1 Å². The summed E-state index contributed by atoms with van der Waals surface area (Å²) in [4.78, 5) is 18.1. The van der Waals surface area contributed by atoms with E-state index in [4.69, 9.17) is 15.2 Å². The summed E-state index contributed by atoms with van der Waals surface area (Å²) in [6, 6.07) is 10.8. The molecule has 1 aliphatic rings. The summed E-state index contributed by atoms with van der Waals surface area (Å²) in [6.45, 7) is 3.06. The van der Waals surface area contributed by atoms with Crippen LogP contribution in [-0.4, -0.2) is 44.3 Å². The fourth-order valence-corrected chi connectivity index (χ4v) is 3.92. The van der Waals surface area contributed by atoms with Gasteiger partial charge in [0.2, 0.25) is 5.91 Å². The van der Waals surface area contributed by atoms with Crippen molar-refractivity contribution in [2.45, 2.75) is 13.0 Å². The van der Waals surface area contributed by atoms with Crippen molar-refractivity contribution in [1.29, 1.82) is 0 Å². The number of nitrogens with one attached hydrogen (secondary N) is 2. The van der Waals surface area contributed by atoms with Crippen molar-refractivity contribution in [1.82, 2.24) is 4.98 Å². The maximum absolute atomic E-state index is 13.6. The quantitative estimate of drug-likeness (QED) is 0.428. The van der Waals surface area contributed by atoms with Crippen LogP contribution in [0.3, 0.4) is 0 Å². The SMILES string of the molecule is COc1cc(Nc2cc(NCc3cc(F)cc(F)c3)c(CC(N)=O)cn2)ccc1N1CCOCC1. The molecule has 0 saturated carbocycles. The molecule has 2 heterocycles. The predicted octanol–water partition coefficient (Wildman–Crippen LogP) is 3.59. The van der Waals surface area contributed by atoms with E-state index in [0.717, 1.165) is 30.5 Å². The van der Waals surface area contributed by atoms with E-state index >= 15 is 0 Å². The van der Waals surface area contributed by atoms with Crippen LogP contribution in [0.25, 0.3) is 0 Å². The number of carbonyl (C=O) groups excluding carboxylic acids is 1. The van der Waals surface area contributed by atoms with E-state index in [1.54, 1.807) is 19.4 Å². The highest BCUT2D eigenvalue weighted by molar-refractivity contribution is 5.79. The highest BCUT2D eigenvalue weighted by Crippen LogP contribution is 2.33. The summed E-state index contributed by atoms with van der Waals surface area (Å²) >= 11 is 0. The number of amides is 1. The van der Waals surface area contributed by atoms with Gasteiger partial charge in [0.15, 0.2) is 0 Å². The lowest BCUT2D eigenvalue weighted by atomic mass is 10.1. The molecule has 4 N–H and O–H groups in total. The number of nitrogens with zero attached hydrogens (tertiary/aromatic N) is 2. The topological polar surface area (TPSA) is 102 Å². The zero-order valence-electron chi connectivity index (χ0n) is 19.3. The average Bonchev–Trinajstić information content (AvgIpc) is 2.83. The maximum Gasteiger partial charge on any atom is 0.221 e. The van der Waals surface area contributed by atoms with Crippen LogP contribution < -0.4 is 26.0 Å². The zero-order chi connectivity index (χ0) is 24.8. The number of rotatable bonds is 9. The minimum atomic E-state index is -0.661. The third kappa shape index (κ3) is 6.36. The Bertz CT molecular complexity index is 1180. The number of benzene rings is 2. The van der Waals surface area contributed by atoms with Crippen LogP contribution in [0, 0.1) is 11.6 Å². The van der Waals surface area contributed by atoms with Gasteiger partial charge in [-0.1, -0.05) is 0 Å². The van der Waals surface area contributed by atoms with Crippen LogP contribution in [-0.2, 0) is 22.5 Å². The standard InChI is InChI=1S/C25H27F2N5O3/c1-34-23-12-20(2-3-22(23)32-4-6-35-7-5-32)31-25-13-21(17(15-30-25)10-24(28)33)29-14-16-8-18(26)11-19(27)9-16/h2-3,8-9,11-13,15H,4-7,10,14H2,1H3,(H2,28,33)(H2,29,30,31). The summed E-state index contributed by atoms with van der Waals surface area (Å²) in [6.07, 6.45) is 1.51. The average molecular weight is 484 g/mol. The number of primary amides is 1. The van der Waals surface area contributed by atoms with Crippen molar-refractivity contribution in [3.63, 3.8) is 0 Å². The number of hydrogen-bond acceptors (Lipinski definition) is 7. The summed E-state index contributed by atoms with van der Waals surface area (Å²) < 4.78 is 38.1. The highest BCUT2D eigenvalue weighted by atomic mass is 19.1. The van der Waals surface area contributed by atoms with Gasteiger partial charge in [-0.05, 0) is 29.8 Å². The van der Waals surface area contributed by atoms with Crippen LogP contribution in [0.15, 0.2) is 48.7 Å². The minimum Gasteiger partial charge on any atom is -0.495 e. The maximum atomic E-state index is 13.6. The molecule has 1 saturated heterocycles.